The summed E-state index contributed by atoms with van der Waals surface area (Å²) in [5.41, 5.74) is -0.989. The van der Waals surface area contributed by atoms with Crippen LogP contribution in [0, 0.1) is 0 Å². The number of benzene rings is 2. The van der Waals surface area contributed by atoms with E-state index in [1.54, 1.807) is 24.3 Å². The number of unbranched alkanes of at least 4 members (excludes halogenated alkanes) is 64. The maximum absolute atomic E-state index is 12.9. The topological polar surface area (TPSA) is 220 Å². The van der Waals surface area contributed by atoms with Crippen LogP contribution >= 0.6 is 0 Å². The summed E-state index contributed by atoms with van der Waals surface area (Å²) in [5, 5.41) is 0. The number of rotatable bonds is 78. The Morgan fingerprint density at radius 2 is 0.381 bits per heavy atom. The van der Waals surface area contributed by atoms with Gasteiger partial charge in [0.1, 0.15) is 20.2 Å². The maximum Gasteiger partial charge on any atom is 2.00 e. The zero-order valence-corrected chi connectivity index (χ0v) is 76.2. The van der Waals surface area contributed by atoms with Crippen molar-refractivity contribution in [3.05, 3.63) is 108 Å². The molecule has 0 radical (unpaired) electrons. The Kier molecular flexibility index (Phi) is 78.2. The van der Waals surface area contributed by atoms with Crippen molar-refractivity contribution >= 4 is 81.9 Å². The smallest absolute Gasteiger partial charge is 0.744 e. The standard InChI is InChI=1S/2C48H82O7S.Ca/c2*1-3-5-7-9-11-13-15-17-19-21-23-25-27-29-31-33-35-37-41-54-47(49)45-40-39-44(56(51,52)53)43-46(45)48(50)55-42-38-36-34-32-30-28-26-24-22-20-18-16-14-12-10-8-6-4-2;/h2*37-43H,3-36H2,1-2H3,(H,51,52,53);/q;;+2/p-2/b2*41-37+,42-38+;. The van der Waals surface area contributed by atoms with Gasteiger partial charge in [0, 0.05) is 0 Å². The average Bonchev–Trinajstić information content (AvgIpc) is 0.814. The first-order chi connectivity index (χ1) is 54.6. The third kappa shape index (κ3) is 67.9. The molecule has 0 N–H and O–H groups in total. The molecule has 0 aliphatic heterocycles. The van der Waals surface area contributed by atoms with Gasteiger partial charge in [-0.15, -0.1) is 0 Å². The van der Waals surface area contributed by atoms with E-state index in [9.17, 15) is 45.1 Å². The summed E-state index contributed by atoms with van der Waals surface area (Å²) in [5.74, 6) is -3.51. The molecule has 0 aliphatic carbocycles. The molecule has 0 unspecified atom stereocenters. The number of carbonyl (C=O) groups is 4. The molecule has 0 saturated heterocycles. The fraction of sp³-hybridized carbons (Fsp3) is 0.750. The van der Waals surface area contributed by atoms with E-state index in [2.05, 4.69) is 27.7 Å². The van der Waals surface area contributed by atoms with Gasteiger partial charge in [-0.05, 0) is 112 Å². The molecule has 14 nitrogen and oxygen atoms in total. The summed E-state index contributed by atoms with van der Waals surface area (Å²) in [4.78, 5) is 50.2. The van der Waals surface area contributed by atoms with Crippen LogP contribution in [0.1, 0.15) is 506 Å². The molecular weight excluding hydrogens is 1480 g/mol. The van der Waals surface area contributed by atoms with Gasteiger partial charge in [0.15, 0.2) is 0 Å². The van der Waals surface area contributed by atoms with Crippen LogP contribution in [-0.2, 0) is 39.2 Å². The Balaban J connectivity index is 0.00000220. The van der Waals surface area contributed by atoms with Crippen molar-refractivity contribution in [2.75, 3.05) is 0 Å². The van der Waals surface area contributed by atoms with Crippen molar-refractivity contribution in [3.63, 3.8) is 0 Å². The molecule has 2 aromatic carbocycles. The molecule has 113 heavy (non-hydrogen) atoms. The van der Waals surface area contributed by atoms with Crippen LogP contribution in [0.2, 0.25) is 0 Å². The molecule has 17 heteroatoms. The summed E-state index contributed by atoms with van der Waals surface area (Å²) < 4.78 is 90.8. The summed E-state index contributed by atoms with van der Waals surface area (Å²) in [7, 11) is -9.69. The molecule has 0 atom stereocenters. The third-order valence-corrected chi connectivity index (χ3v) is 23.1. The Labute approximate surface area is 722 Å². The maximum atomic E-state index is 12.9. The van der Waals surface area contributed by atoms with E-state index in [1.165, 1.54) is 385 Å². The van der Waals surface area contributed by atoms with Gasteiger partial charge in [-0.25, -0.2) is 36.0 Å². The van der Waals surface area contributed by atoms with Crippen LogP contribution in [0.4, 0.5) is 0 Å². The second-order valence-corrected chi connectivity index (χ2v) is 34.6. The Bertz CT molecular complexity index is 2740. The number of allylic oxidation sites excluding steroid dienone is 4. The van der Waals surface area contributed by atoms with Gasteiger partial charge in [0.25, 0.3) is 0 Å². The van der Waals surface area contributed by atoms with E-state index in [1.807, 2.05) is 0 Å². The van der Waals surface area contributed by atoms with E-state index in [-0.39, 0.29) is 60.0 Å². The van der Waals surface area contributed by atoms with Crippen LogP contribution in [0.15, 0.2) is 95.5 Å². The Morgan fingerprint density at radius 1 is 0.239 bits per heavy atom. The predicted molar refractivity (Wildman–Crippen MR) is 469 cm³/mol. The normalized spacial score (nSPS) is 11.8. The fourth-order valence-corrected chi connectivity index (χ4v) is 15.3. The largest absolute Gasteiger partial charge is 2.00 e. The van der Waals surface area contributed by atoms with Crippen LogP contribution < -0.4 is 0 Å². The summed E-state index contributed by atoms with van der Waals surface area (Å²) in [6.07, 6.45) is 98.6. The first-order valence-electron chi connectivity index (χ1n) is 46.3. The molecule has 2 rings (SSSR count). The first kappa shape index (κ1) is 109. The second kappa shape index (κ2) is 80.8. The van der Waals surface area contributed by atoms with E-state index in [0.29, 0.717) is 0 Å². The van der Waals surface area contributed by atoms with Gasteiger partial charge in [-0.2, -0.15) is 0 Å². The van der Waals surface area contributed by atoms with Crippen LogP contribution in [0.5, 0.6) is 0 Å². The zero-order chi connectivity index (χ0) is 81.6. The fourth-order valence-electron chi connectivity index (χ4n) is 14.3. The zero-order valence-electron chi connectivity index (χ0n) is 72.4. The van der Waals surface area contributed by atoms with Crippen molar-refractivity contribution in [2.24, 2.45) is 0 Å². The van der Waals surface area contributed by atoms with Gasteiger partial charge < -0.3 is 28.1 Å². The van der Waals surface area contributed by atoms with Gasteiger partial charge in [-0.1, -0.05) is 413 Å². The molecular formula is C96H162CaO14S2. The molecule has 0 amide bonds. The number of ether oxygens (including phenoxy) is 4. The van der Waals surface area contributed by atoms with E-state index in [4.69, 9.17) is 18.9 Å². The minimum absolute atomic E-state index is 0. The predicted octanol–water partition coefficient (Wildman–Crippen LogP) is 30.1. The van der Waals surface area contributed by atoms with E-state index < -0.39 is 53.9 Å². The third-order valence-electron chi connectivity index (χ3n) is 21.4. The Hall–Kier alpha value is -3.64. The minimum Gasteiger partial charge on any atom is -0.744 e. The van der Waals surface area contributed by atoms with Crippen LogP contribution in [0.3, 0.4) is 0 Å². The average molecular weight is 1640 g/mol. The van der Waals surface area contributed by atoms with Gasteiger partial charge >= 0.3 is 61.6 Å². The molecule has 644 valence electrons. The summed E-state index contributed by atoms with van der Waals surface area (Å²) in [6.45, 7) is 9.06. The molecule has 0 aromatic heterocycles. The monoisotopic (exact) mass is 1640 g/mol. The van der Waals surface area contributed by atoms with Crippen molar-refractivity contribution in [3.8, 4) is 0 Å². The van der Waals surface area contributed by atoms with E-state index >= 15 is 0 Å². The second-order valence-electron chi connectivity index (χ2n) is 31.8. The molecule has 0 fully saturated rings. The molecule has 0 saturated carbocycles. The number of hydrogen-bond donors (Lipinski definition) is 0. The molecule has 0 bridgehead atoms. The summed E-state index contributed by atoms with van der Waals surface area (Å²) >= 11 is 0. The van der Waals surface area contributed by atoms with E-state index in [0.717, 1.165) is 113 Å². The molecule has 0 aliphatic rings. The van der Waals surface area contributed by atoms with Crippen molar-refractivity contribution in [2.45, 2.75) is 474 Å². The van der Waals surface area contributed by atoms with Crippen LogP contribution in [-0.4, -0.2) is 87.6 Å². The van der Waals surface area contributed by atoms with Crippen molar-refractivity contribution < 1.29 is 64.1 Å². The quantitative estimate of drug-likeness (QED) is 0.0150. The minimum atomic E-state index is -4.84. The van der Waals surface area contributed by atoms with Gasteiger partial charge in [0.2, 0.25) is 0 Å². The summed E-state index contributed by atoms with van der Waals surface area (Å²) in [6, 6.07) is 6.00. The number of hydrogen-bond acceptors (Lipinski definition) is 14. The van der Waals surface area contributed by atoms with Crippen molar-refractivity contribution in [1.82, 2.24) is 0 Å². The Morgan fingerprint density at radius 3 is 0.531 bits per heavy atom. The first-order valence-corrected chi connectivity index (χ1v) is 49.1. The van der Waals surface area contributed by atoms with Crippen molar-refractivity contribution in [1.29, 1.82) is 0 Å². The number of carbonyl (C=O) groups excluding carboxylic acids is 4. The van der Waals surface area contributed by atoms with Gasteiger partial charge in [0.05, 0.1) is 57.1 Å². The SMILES string of the molecule is CCCCCCCCCCCCCCCCCC/C=C/OC(=O)c1ccc(S(=O)(=O)[O-])cc1C(=O)O/C=C/CCCCCCCCCCCCCCCCCC.CCCCCCCCCCCCCCCCCC/C=C/OC(=O)c1ccc(S(=O)(=O)[O-])cc1C(=O)O/C=C/CCCCCCCCCCCCCCCCCC.[Ca+2]. The molecule has 0 heterocycles. The number of esters is 4. The molecule has 2 aromatic rings. The molecule has 0 spiro atoms. The van der Waals surface area contributed by atoms with Gasteiger partial charge in [-0.3, -0.25) is 0 Å². The van der Waals surface area contributed by atoms with Crippen LogP contribution in [0.25, 0.3) is 0 Å².